The van der Waals surface area contributed by atoms with Gasteiger partial charge < -0.3 is 15.5 Å². The third-order valence-electron chi connectivity index (χ3n) is 4.63. The van der Waals surface area contributed by atoms with Crippen molar-refractivity contribution in [3.63, 3.8) is 0 Å². The Labute approximate surface area is 181 Å². The van der Waals surface area contributed by atoms with Crippen molar-refractivity contribution in [2.24, 2.45) is 0 Å². The lowest BCUT2D eigenvalue weighted by Crippen LogP contribution is -2.39. The summed E-state index contributed by atoms with van der Waals surface area (Å²) in [6.45, 7) is 1.72. The molecule has 6 nitrogen and oxygen atoms in total. The van der Waals surface area contributed by atoms with Gasteiger partial charge in [0.25, 0.3) is 0 Å². The van der Waals surface area contributed by atoms with Crippen LogP contribution in [0.3, 0.4) is 0 Å². The molecule has 1 atom stereocenters. The number of carbonyl (C=O) groups is 3. The maximum Gasteiger partial charge on any atom is 0.416 e. The van der Waals surface area contributed by atoms with E-state index in [1.54, 1.807) is 12.1 Å². The van der Waals surface area contributed by atoms with Crippen molar-refractivity contribution in [1.29, 1.82) is 0 Å². The number of aryl methyl sites for hydroxylation is 1. The number of benzene rings is 2. The minimum Gasteiger partial charge on any atom is -0.336 e. The van der Waals surface area contributed by atoms with Crippen molar-refractivity contribution < 1.29 is 27.6 Å². The summed E-state index contributed by atoms with van der Waals surface area (Å²) in [7, 11) is 1.45. The van der Waals surface area contributed by atoms with Crippen molar-refractivity contribution >= 4 is 40.9 Å². The summed E-state index contributed by atoms with van der Waals surface area (Å²) < 4.78 is 38.5. The van der Waals surface area contributed by atoms with Crippen LogP contribution in [0.2, 0.25) is 0 Å². The van der Waals surface area contributed by atoms with Crippen LogP contribution in [0.25, 0.3) is 0 Å². The van der Waals surface area contributed by atoms with Gasteiger partial charge in [0.15, 0.2) is 0 Å². The van der Waals surface area contributed by atoms with Gasteiger partial charge in [0.2, 0.25) is 17.7 Å². The van der Waals surface area contributed by atoms with Crippen molar-refractivity contribution in [2.45, 2.75) is 29.7 Å². The first kappa shape index (κ1) is 22.7. The topological polar surface area (TPSA) is 78.5 Å². The number of rotatable bonds is 5. The smallest absolute Gasteiger partial charge is 0.336 e. The van der Waals surface area contributed by atoms with E-state index in [0.29, 0.717) is 10.6 Å². The lowest BCUT2D eigenvalue weighted by atomic mass is 10.1. The average Bonchev–Trinajstić information content (AvgIpc) is 2.69. The molecule has 1 heterocycles. The second-order valence-electron chi connectivity index (χ2n) is 7.17. The molecule has 0 fully saturated rings. The van der Waals surface area contributed by atoms with Crippen LogP contribution in [0, 0.1) is 6.92 Å². The zero-order chi connectivity index (χ0) is 22.8. The Morgan fingerprint density at radius 1 is 1.16 bits per heavy atom. The van der Waals surface area contributed by atoms with Gasteiger partial charge in [-0.25, -0.2) is 0 Å². The molecule has 0 aromatic heterocycles. The van der Waals surface area contributed by atoms with E-state index in [1.165, 1.54) is 18.0 Å². The Hall–Kier alpha value is -3.01. The molecule has 1 unspecified atom stereocenters. The van der Waals surface area contributed by atoms with Crippen molar-refractivity contribution in [3.05, 3.63) is 53.6 Å². The summed E-state index contributed by atoms with van der Waals surface area (Å²) in [5.74, 6) is -1.37. The molecule has 3 amide bonds. The van der Waals surface area contributed by atoms with Crippen LogP contribution >= 0.6 is 11.8 Å². The van der Waals surface area contributed by atoms with E-state index in [9.17, 15) is 27.6 Å². The molecule has 0 radical (unpaired) electrons. The molecule has 3 rings (SSSR count). The predicted molar refractivity (Wildman–Crippen MR) is 112 cm³/mol. The number of likely N-dealkylation sites (N-methyl/N-ethyl adjacent to an activating group) is 1. The molecule has 2 N–H and O–H groups in total. The van der Waals surface area contributed by atoms with Crippen LogP contribution in [0.15, 0.2) is 47.4 Å². The fraction of sp³-hybridized carbons (Fsp3) is 0.286. The lowest BCUT2D eigenvalue weighted by molar-refractivity contribution is -0.137. The summed E-state index contributed by atoms with van der Waals surface area (Å²) >= 11 is 1.03. The second-order valence-corrected chi connectivity index (χ2v) is 8.42. The number of anilines is 2. The summed E-state index contributed by atoms with van der Waals surface area (Å²) in [6.07, 6.45) is -4.70. The van der Waals surface area contributed by atoms with Crippen molar-refractivity contribution in [1.82, 2.24) is 4.90 Å². The largest absolute Gasteiger partial charge is 0.416 e. The molecular weight excluding hydrogens is 431 g/mol. The maximum absolute atomic E-state index is 12.8. The highest BCUT2D eigenvalue weighted by atomic mass is 32.2. The van der Waals surface area contributed by atoms with Gasteiger partial charge >= 0.3 is 6.18 Å². The van der Waals surface area contributed by atoms with Crippen LogP contribution < -0.4 is 10.6 Å². The molecule has 31 heavy (non-hydrogen) atoms. The molecule has 0 spiro atoms. The van der Waals surface area contributed by atoms with Gasteiger partial charge in [-0.1, -0.05) is 17.7 Å². The predicted octanol–water partition coefficient (Wildman–Crippen LogP) is 3.91. The van der Waals surface area contributed by atoms with Crippen LogP contribution in [-0.4, -0.2) is 41.5 Å². The van der Waals surface area contributed by atoms with Gasteiger partial charge in [-0.05, 0) is 37.3 Å². The summed E-state index contributed by atoms with van der Waals surface area (Å²) in [5, 5.41) is 4.32. The van der Waals surface area contributed by atoms with Crippen LogP contribution in [-0.2, 0) is 20.6 Å². The Kier molecular flexibility index (Phi) is 6.59. The first-order chi connectivity index (χ1) is 14.5. The van der Waals surface area contributed by atoms with E-state index in [0.717, 1.165) is 29.5 Å². The van der Waals surface area contributed by atoms with Gasteiger partial charge in [-0.15, -0.1) is 11.8 Å². The van der Waals surface area contributed by atoms with E-state index in [4.69, 9.17) is 0 Å². The molecule has 164 valence electrons. The number of hydrogen-bond acceptors (Lipinski definition) is 4. The molecule has 0 saturated heterocycles. The zero-order valence-corrected chi connectivity index (χ0v) is 17.6. The van der Waals surface area contributed by atoms with Gasteiger partial charge in [-0.2, -0.15) is 13.2 Å². The minimum atomic E-state index is -4.51. The lowest BCUT2D eigenvalue weighted by Gasteiger charge is -2.26. The number of hydrogen-bond donors (Lipinski definition) is 2. The Bertz CT molecular complexity index is 1010. The molecular formula is C21H20F3N3O3S. The number of alkyl halides is 3. The average molecular weight is 451 g/mol. The van der Waals surface area contributed by atoms with E-state index < -0.39 is 28.8 Å². The first-order valence-corrected chi connectivity index (χ1v) is 10.2. The van der Waals surface area contributed by atoms with E-state index in [-0.39, 0.29) is 24.6 Å². The van der Waals surface area contributed by atoms with Crippen LogP contribution in [0.1, 0.15) is 17.5 Å². The third kappa shape index (κ3) is 5.78. The number of nitrogens with zero attached hydrogens (tertiary/aromatic N) is 1. The quantitative estimate of drug-likeness (QED) is 0.723. The molecule has 0 bridgehead atoms. The highest BCUT2D eigenvalue weighted by molar-refractivity contribution is 8.01. The molecule has 1 aliphatic heterocycles. The van der Waals surface area contributed by atoms with E-state index >= 15 is 0 Å². The minimum absolute atomic E-state index is 0.0688. The van der Waals surface area contributed by atoms with Crippen molar-refractivity contribution in [2.75, 3.05) is 24.2 Å². The normalized spacial score (nSPS) is 15.6. The zero-order valence-electron chi connectivity index (χ0n) is 16.7. The summed E-state index contributed by atoms with van der Waals surface area (Å²) in [6, 6.07) is 10.3. The SMILES string of the molecule is Cc1ccc(NC(=O)CN(C)C(=O)CC2Sc3ccc(C(F)(F)F)cc3NC2=O)cc1. The monoisotopic (exact) mass is 451 g/mol. The molecule has 10 heteroatoms. The molecule has 1 aliphatic rings. The van der Waals surface area contributed by atoms with Crippen LogP contribution in [0.5, 0.6) is 0 Å². The van der Waals surface area contributed by atoms with Gasteiger partial charge in [0.05, 0.1) is 23.0 Å². The highest BCUT2D eigenvalue weighted by Gasteiger charge is 2.34. The number of carbonyl (C=O) groups excluding carboxylic acids is 3. The van der Waals surface area contributed by atoms with Crippen molar-refractivity contribution in [3.8, 4) is 0 Å². The van der Waals surface area contributed by atoms with Gasteiger partial charge in [-0.3, -0.25) is 14.4 Å². The number of halogens is 3. The van der Waals surface area contributed by atoms with Gasteiger partial charge in [0.1, 0.15) is 0 Å². The highest BCUT2D eigenvalue weighted by Crippen LogP contribution is 2.40. The molecule has 2 aromatic rings. The second kappa shape index (κ2) is 9.01. The Morgan fingerprint density at radius 3 is 2.48 bits per heavy atom. The van der Waals surface area contributed by atoms with E-state index in [1.807, 2.05) is 19.1 Å². The molecule has 2 aromatic carbocycles. The maximum atomic E-state index is 12.8. The molecule has 0 saturated carbocycles. The first-order valence-electron chi connectivity index (χ1n) is 9.32. The Morgan fingerprint density at radius 2 is 1.84 bits per heavy atom. The number of thioether (sulfide) groups is 1. The molecule has 0 aliphatic carbocycles. The Balaban J connectivity index is 1.58. The van der Waals surface area contributed by atoms with Gasteiger partial charge in [0, 0.05) is 24.1 Å². The summed E-state index contributed by atoms with van der Waals surface area (Å²) in [4.78, 5) is 38.6. The van der Waals surface area contributed by atoms with Crippen LogP contribution in [0.4, 0.5) is 24.5 Å². The standard InChI is InChI=1S/C21H20F3N3O3S/c1-12-3-6-14(7-4-12)25-18(28)11-27(2)19(29)10-17-20(30)26-15-9-13(21(22,23)24)5-8-16(15)31-17/h3-9,17H,10-11H2,1-2H3,(H,25,28)(H,26,30). The fourth-order valence-electron chi connectivity index (χ4n) is 2.92. The van der Waals surface area contributed by atoms with E-state index in [2.05, 4.69) is 10.6 Å². The number of amides is 3. The third-order valence-corrected chi connectivity index (χ3v) is 5.90. The number of fused-ring (bicyclic) bond motifs is 1. The summed E-state index contributed by atoms with van der Waals surface area (Å²) in [5.41, 5.74) is 0.860. The fourth-order valence-corrected chi connectivity index (χ4v) is 4.00. The number of nitrogens with one attached hydrogen (secondary N) is 2.